The first-order chi connectivity index (χ1) is 7.85. The predicted octanol–water partition coefficient (Wildman–Crippen LogP) is 3.98. The van der Waals surface area contributed by atoms with Gasteiger partial charge in [-0.1, -0.05) is 45.4 Å². The summed E-state index contributed by atoms with van der Waals surface area (Å²) in [6, 6.07) is 0.828. The van der Waals surface area contributed by atoms with Crippen molar-refractivity contribution in [2.45, 2.75) is 70.8 Å². The molecule has 1 nitrogen and oxygen atoms in total. The van der Waals surface area contributed by atoms with Gasteiger partial charge in [-0.25, -0.2) is 0 Å². The van der Waals surface area contributed by atoms with Crippen LogP contribution in [-0.4, -0.2) is 13.1 Å². The molecule has 94 valence electrons. The molecule has 2 aliphatic rings. The molecule has 4 unspecified atom stereocenters. The Hall–Kier alpha value is -0.0400. The topological polar surface area (TPSA) is 12.0 Å². The van der Waals surface area contributed by atoms with Crippen LogP contribution in [0.25, 0.3) is 0 Å². The van der Waals surface area contributed by atoms with E-state index in [1.807, 2.05) is 0 Å². The molecule has 0 aromatic heterocycles. The number of nitrogens with one attached hydrogen (secondary N) is 1. The molecule has 0 bridgehead atoms. The highest BCUT2D eigenvalue weighted by atomic mass is 14.9. The van der Waals surface area contributed by atoms with Crippen molar-refractivity contribution in [1.29, 1.82) is 0 Å². The summed E-state index contributed by atoms with van der Waals surface area (Å²) >= 11 is 0. The van der Waals surface area contributed by atoms with Gasteiger partial charge in [0.15, 0.2) is 0 Å². The van der Waals surface area contributed by atoms with Crippen molar-refractivity contribution in [1.82, 2.24) is 5.32 Å². The quantitative estimate of drug-likeness (QED) is 0.763. The third-order valence-corrected chi connectivity index (χ3v) is 5.20. The number of hydrogen-bond donors (Lipinski definition) is 1. The summed E-state index contributed by atoms with van der Waals surface area (Å²) in [6.07, 6.45) is 13.3. The van der Waals surface area contributed by atoms with Gasteiger partial charge in [0.25, 0.3) is 0 Å². The van der Waals surface area contributed by atoms with E-state index in [0.717, 1.165) is 23.8 Å². The van der Waals surface area contributed by atoms with E-state index in [2.05, 4.69) is 19.3 Å². The Morgan fingerprint density at radius 2 is 1.81 bits per heavy atom. The largest absolute Gasteiger partial charge is 0.317 e. The Labute approximate surface area is 101 Å². The molecule has 2 saturated carbocycles. The van der Waals surface area contributed by atoms with Gasteiger partial charge in [0.2, 0.25) is 0 Å². The first kappa shape index (κ1) is 12.4. The maximum atomic E-state index is 3.58. The molecule has 2 rings (SSSR count). The molecule has 16 heavy (non-hydrogen) atoms. The molecule has 0 aliphatic heterocycles. The zero-order chi connectivity index (χ0) is 11.4. The first-order valence-corrected chi connectivity index (χ1v) is 7.52. The molecule has 0 amide bonds. The van der Waals surface area contributed by atoms with E-state index in [9.17, 15) is 0 Å². The monoisotopic (exact) mass is 223 g/mol. The van der Waals surface area contributed by atoms with E-state index in [-0.39, 0.29) is 0 Å². The summed E-state index contributed by atoms with van der Waals surface area (Å²) in [4.78, 5) is 0. The third-order valence-electron chi connectivity index (χ3n) is 5.20. The second-order valence-corrected chi connectivity index (χ2v) is 6.04. The van der Waals surface area contributed by atoms with E-state index < -0.39 is 0 Å². The second-order valence-electron chi connectivity index (χ2n) is 6.04. The molecule has 0 aromatic carbocycles. The summed E-state index contributed by atoms with van der Waals surface area (Å²) in [5.74, 6) is 3.07. The summed E-state index contributed by atoms with van der Waals surface area (Å²) in [5.41, 5.74) is 0. The van der Waals surface area contributed by atoms with Crippen LogP contribution in [0.4, 0.5) is 0 Å². The van der Waals surface area contributed by atoms with Gasteiger partial charge in [0, 0.05) is 6.04 Å². The summed E-state index contributed by atoms with van der Waals surface area (Å²) in [7, 11) is 2.17. The zero-order valence-corrected chi connectivity index (χ0v) is 11.2. The van der Waals surface area contributed by atoms with E-state index in [1.54, 1.807) is 0 Å². The minimum Gasteiger partial charge on any atom is -0.317 e. The average Bonchev–Trinajstić information content (AvgIpc) is 2.38. The van der Waals surface area contributed by atoms with Crippen molar-refractivity contribution in [3.8, 4) is 0 Å². The van der Waals surface area contributed by atoms with Crippen LogP contribution in [0.1, 0.15) is 64.7 Å². The lowest BCUT2D eigenvalue weighted by molar-refractivity contribution is 0.127. The molecular weight excluding hydrogens is 194 g/mol. The highest BCUT2D eigenvalue weighted by Gasteiger charge is 2.33. The van der Waals surface area contributed by atoms with Gasteiger partial charge in [0.05, 0.1) is 0 Å². The Kier molecular flexibility index (Phi) is 4.69. The van der Waals surface area contributed by atoms with Crippen LogP contribution in [0.5, 0.6) is 0 Å². The molecule has 4 atom stereocenters. The van der Waals surface area contributed by atoms with Crippen LogP contribution in [-0.2, 0) is 0 Å². The lowest BCUT2D eigenvalue weighted by Crippen LogP contribution is -2.41. The van der Waals surface area contributed by atoms with Gasteiger partial charge in [-0.15, -0.1) is 0 Å². The van der Waals surface area contributed by atoms with Crippen LogP contribution in [0.3, 0.4) is 0 Å². The molecular formula is C15H29N. The van der Waals surface area contributed by atoms with E-state index in [0.29, 0.717) is 0 Å². The summed E-state index contributed by atoms with van der Waals surface area (Å²) < 4.78 is 0. The Morgan fingerprint density at radius 3 is 2.56 bits per heavy atom. The number of hydrogen-bond acceptors (Lipinski definition) is 1. The predicted molar refractivity (Wildman–Crippen MR) is 70.5 cm³/mol. The van der Waals surface area contributed by atoms with Gasteiger partial charge in [-0.05, 0) is 44.1 Å². The van der Waals surface area contributed by atoms with Gasteiger partial charge in [-0.3, -0.25) is 0 Å². The van der Waals surface area contributed by atoms with Crippen molar-refractivity contribution in [3.05, 3.63) is 0 Å². The fourth-order valence-corrected chi connectivity index (χ4v) is 4.17. The highest BCUT2D eigenvalue weighted by molar-refractivity contribution is 4.87. The Morgan fingerprint density at radius 1 is 1.00 bits per heavy atom. The summed E-state index contributed by atoms with van der Waals surface area (Å²) in [6.45, 7) is 2.38. The lowest BCUT2D eigenvalue weighted by atomic mass is 9.68. The van der Waals surface area contributed by atoms with Crippen LogP contribution >= 0.6 is 0 Å². The average molecular weight is 223 g/mol. The van der Waals surface area contributed by atoms with Crippen LogP contribution in [0, 0.1) is 17.8 Å². The normalized spacial score (nSPS) is 40.9. The second kappa shape index (κ2) is 6.05. The SMILES string of the molecule is CCC1CCCC(C2CCCCC2NC)C1. The van der Waals surface area contributed by atoms with Crippen LogP contribution < -0.4 is 5.32 Å². The van der Waals surface area contributed by atoms with Crippen molar-refractivity contribution in [2.75, 3.05) is 7.05 Å². The molecule has 0 aromatic rings. The molecule has 2 fully saturated rings. The molecule has 0 spiro atoms. The fraction of sp³-hybridized carbons (Fsp3) is 1.00. The van der Waals surface area contributed by atoms with Crippen molar-refractivity contribution in [3.63, 3.8) is 0 Å². The number of rotatable bonds is 3. The van der Waals surface area contributed by atoms with Gasteiger partial charge < -0.3 is 5.32 Å². The Bertz CT molecular complexity index is 202. The maximum absolute atomic E-state index is 3.58. The van der Waals surface area contributed by atoms with Crippen molar-refractivity contribution >= 4 is 0 Å². The van der Waals surface area contributed by atoms with Crippen molar-refractivity contribution in [2.24, 2.45) is 17.8 Å². The molecule has 0 saturated heterocycles. The highest BCUT2D eigenvalue weighted by Crippen LogP contribution is 2.41. The van der Waals surface area contributed by atoms with Crippen LogP contribution in [0.15, 0.2) is 0 Å². The fourth-order valence-electron chi connectivity index (χ4n) is 4.17. The van der Waals surface area contributed by atoms with Gasteiger partial charge in [0.1, 0.15) is 0 Å². The van der Waals surface area contributed by atoms with E-state index in [1.165, 1.54) is 57.8 Å². The standard InChI is InChI=1S/C15H29N/c1-3-12-7-6-8-13(11-12)14-9-4-5-10-15(14)16-2/h12-16H,3-11H2,1-2H3. The van der Waals surface area contributed by atoms with Crippen molar-refractivity contribution < 1.29 is 0 Å². The van der Waals surface area contributed by atoms with Gasteiger partial charge >= 0.3 is 0 Å². The smallest absolute Gasteiger partial charge is 0.00949 e. The van der Waals surface area contributed by atoms with Crippen LogP contribution in [0.2, 0.25) is 0 Å². The lowest BCUT2D eigenvalue weighted by Gasteiger charge is -2.41. The molecule has 1 N–H and O–H groups in total. The zero-order valence-electron chi connectivity index (χ0n) is 11.2. The first-order valence-electron chi connectivity index (χ1n) is 7.52. The molecule has 2 aliphatic carbocycles. The Balaban J connectivity index is 1.93. The maximum Gasteiger partial charge on any atom is 0.00949 e. The van der Waals surface area contributed by atoms with Gasteiger partial charge in [-0.2, -0.15) is 0 Å². The molecule has 0 radical (unpaired) electrons. The minimum absolute atomic E-state index is 0.828. The van der Waals surface area contributed by atoms with E-state index >= 15 is 0 Å². The third kappa shape index (κ3) is 2.80. The molecule has 1 heteroatoms. The summed E-state index contributed by atoms with van der Waals surface area (Å²) in [5, 5.41) is 3.58. The minimum atomic E-state index is 0.828. The molecule has 0 heterocycles. The van der Waals surface area contributed by atoms with E-state index in [4.69, 9.17) is 0 Å².